The Bertz CT molecular complexity index is 474. The van der Waals surface area contributed by atoms with Crippen LogP contribution in [0.2, 0.25) is 0 Å². The number of hydrogen-bond donors (Lipinski definition) is 1. The van der Waals surface area contributed by atoms with E-state index in [9.17, 15) is 9.90 Å². The molecule has 2 aliphatic rings. The Kier molecular flexibility index (Phi) is 3.42. The number of aliphatic carboxylic acids is 1. The molecule has 1 saturated heterocycles. The molecule has 19 heavy (non-hydrogen) atoms. The molecule has 0 spiro atoms. The largest absolute Gasteiger partial charge is 0.493 e. The molecule has 4 heteroatoms. The quantitative estimate of drug-likeness (QED) is 0.905. The standard InChI is InChI=1S/C15H19NO3/c17-15(18)13-6-3-4-8-16(13)9-11-10-19-14-7-2-1-5-12(11)14/h1-2,5,7,11,13H,3-4,6,8-10H2,(H,17,18). The van der Waals surface area contributed by atoms with Crippen LogP contribution in [0.25, 0.3) is 0 Å². The second-order valence-corrected chi connectivity index (χ2v) is 5.39. The van der Waals surface area contributed by atoms with E-state index in [0.717, 1.165) is 38.1 Å². The van der Waals surface area contributed by atoms with Crippen LogP contribution in [0, 0.1) is 0 Å². The summed E-state index contributed by atoms with van der Waals surface area (Å²) in [5, 5.41) is 9.30. The van der Waals surface area contributed by atoms with E-state index in [4.69, 9.17) is 4.74 Å². The SMILES string of the molecule is O=C(O)C1CCCCN1CC1COc2ccccc21. The van der Waals surface area contributed by atoms with Gasteiger partial charge in [-0.05, 0) is 25.5 Å². The smallest absolute Gasteiger partial charge is 0.320 e. The third-order valence-electron chi connectivity index (χ3n) is 4.15. The number of fused-ring (bicyclic) bond motifs is 1. The van der Waals surface area contributed by atoms with Gasteiger partial charge >= 0.3 is 5.97 Å². The lowest BCUT2D eigenvalue weighted by atomic mass is 9.96. The molecule has 2 aliphatic heterocycles. The third-order valence-corrected chi connectivity index (χ3v) is 4.15. The molecular formula is C15H19NO3. The van der Waals surface area contributed by atoms with Gasteiger partial charge in [0.15, 0.2) is 0 Å². The summed E-state index contributed by atoms with van der Waals surface area (Å²) in [6, 6.07) is 7.75. The van der Waals surface area contributed by atoms with Crippen LogP contribution in [-0.4, -0.2) is 41.7 Å². The molecule has 0 amide bonds. The van der Waals surface area contributed by atoms with E-state index in [2.05, 4.69) is 11.0 Å². The predicted molar refractivity (Wildman–Crippen MR) is 71.5 cm³/mol. The van der Waals surface area contributed by atoms with Gasteiger partial charge in [0.1, 0.15) is 11.8 Å². The Morgan fingerprint density at radius 3 is 3.05 bits per heavy atom. The van der Waals surface area contributed by atoms with Crippen LogP contribution in [0.1, 0.15) is 30.7 Å². The van der Waals surface area contributed by atoms with E-state index in [1.54, 1.807) is 0 Å². The van der Waals surface area contributed by atoms with Gasteiger partial charge in [-0.25, -0.2) is 0 Å². The summed E-state index contributed by atoms with van der Waals surface area (Å²) in [5.41, 5.74) is 1.22. The molecule has 0 saturated carbocycles. The molecule has 0 bridgehead atoms. The van der Waals surface area contributed by atoms with Crippen molar-refractivity contribution in [2.24, 2.45) is 0 Å². The summed E-state index contributed by atoms with van der Waals surface area (Å²) in [7, 11) is 0. The minimum absolute atomic E-state index is 0.302. The van der Waals surface area contributed by atoms with Crippen molar-refractivity contribution in [1.82, 2.24) is 4.90 Å². The maximum atomic E-state index is 11.3. The molecule has 0 aromatic heterocycles. The number of carboxylic acid groups (broad SMARTS) is 1. The van der Waals surface area contributed by atoms with Gasteiger partial charge in [0.2, 0.25) is 0 Å². The number of rotatable bonds is 3. The molecule has 1 aromatic rings. The Balaban J connectivity index is 1.73. The summed E-state index contributed by atoms with van der Waals surface area (Å²) in [5.74, 6) is 0.569. The van der Waals surface area contributed by atoms with E-state index >= 15 is 0 Å². The predicted octanol–water partition coefficient (Wildman–Crippen LogP) is 2.10. The van der Waals surface area contributed by atoms with Gasteiger partial charge in [-0.3, -0.25) is 9.69 Å². The van der Waals surface area contributed by atoms with E-state index in [-0.39, 0.29) is 6.04 Å². The van der Waals surface area contributed by atoms with Crippen LogP contribution in [0.3, 0.4) is 0 Å². The highest BCUT2D eigenvalue weighted by Crippen LogP contribution is 2.34. The maximum absolute atomic E-state index is 11.3. The number of ether oxygens (including phenoxy) is 1. The Morgan fingerprint density at radius 1 is 1.37 bits per heavy atom. The highest BCUT2D eigenvalue weighted by molar-refractivity contribution is 5.73. The normalized spacial score (nSPS) is 26.7. The first-order valence-corrected chi connectivity index (χ1v) is 6.94. The molecule has 2 atom stereocenters. The highest BCUT2D eigenvalue weighted by atomic mass is 16.5. The van der Waals surface area contributed by atoms with E-state index in [1.807, 2.05) is 18.2 Å². The van der Waals surface area contributed by atoms with Gasteiger partial charge < -0.3 is 9.84 Å². The zero-order chi connectivity index (χ0) is 13.2. The summed E-state index contributed by atoms with van der Waals surface area (Å²) in [6.45, 7) is 2.34. The molecule has 1 N–H and O–H groups in total. The minimum Gasteiger partial charge on any atom is -0.493 e. The lowest BCUT2D eigenvalue weighted by molar-refractivity contribution is -0.144. The van der Waals surface area contributed by atoms with Gasteiger partial charge in [0.05, 0.1) is 6.61 Å². The van der Waals surface area contributed by atoms with Gasteiger partial charge in [-0.2, -0.15) is 0 Å². The second-order valence-electron chi connectivity index (χ2n) is 5.39. The lowest BCUT2D eigenvalue weighted by Gasteiger charge is -2.34. The molecule has 3 rings (SSSR count). The van der Waals surface area contributed by atoms with Gasteiger partial charge in [0, 0.05) is 18.0 Å². The zero-order valence-electron chi connectivity index (χ0n) is 10.9. The summed E-state index contributed by atoms with van der Waals surface area (Å²) < 4.78 is 5.67. The third kappa shape index (κ3) is 2.45. The average molecular weight is 261 g/mol. The molecule has 2 heterocycles. The fraction of sp³-hybridized carbons (Fsp3) is 0.533. The summed E-state index contributed by atoms with van der Waals surface area (Å²) in [6.07, 6.45) is 2.88. The lowest BCUT2D eigenvalue weighted by Crippen LogP contribution is -2.46. The van der Waals surface area contributed by atoms with Crippen LogP contribution in [0.4, 0.5) is 0 Å². The first-order chi connectivity index (χ1) is 9.25. The molecule has 2 unspecified atom stereocenters. The molecule has 4 nitrogen and oxygen atoms in total. The highest BCUT2D eigenvalue weighted by Gasteiger charge is 2.33. The first kappa shape index (κ1) is 12.5. The van der Waals surface area contributed by atoms with E-state index < -0.39 is 5.97 Å². The monoisotopic (exact) mass is 261 g/mol. The van der Waals surface area contributed by atoms with Crippen molar-refractivity contribution < 1.29 is 14.6 Å². The number of para-hydroxylation sites is 1. The number of carboxylic acids is 1. The number of hydrogen-bond acceptors (Lipinski definition) is 3. The van der Waals surface area contributed by atoms with Crippen molar-refractivity contribution in [3.63, 3.8) is 0 Å². The van der Waals surface area contributed by atoms with Gasteiger partial charge in [-0.15, -0.1) is 0 Å². The van der Waals surface area contributed by atoms with E-state index in [1.165, 1.54) is 5.56 Å². The number of carbonyl (C=O) groups is 1. The van der Waals surface area contributed by atoms with Crippen LogP contribution >= 0.6 is 0 Å². The van der Waals surface area contributed by atoms with Crippen LogP contribution in [-0.2, 0) is 4.79 Å². The van der Waals surface area contributed by atoms with Crippen molar-refractivity contribution in [1.29, 1.82) is 0 Å². The van der Waals surface area contributed by atoms with Crippen molar-refractivity contribution in [3.05, 3.63) is 29.8 Å². The fourth-order valence-corrected chi connectivity index (χ4v) is 3.15. The first-order valence-electron chi connectivity index (χ1n) is 6.94. The average Bonchev–Trinajstić information content (AvgIpc) is 2.83. The topological polar surface area (TPSA) is 49.8 Å². The summed E-state index contributed by atoms with van der Waals surface area (Å²) in [4.78, 5) is 13.4. The van der Waals surface area contributed by atoms with Crippen LogP contribution in [0.5, 0.6) is 5.75 Å². The summed E-state index contributed by atoms with van der Waals surface area (Å²) >= 11 is 0. The van der Waals surface area contributed by atoms with Crippen molar-refractivity contribution in [2.45, 2.75) is 31.2 Å². The molecule has 0 radical (unpaired) electrons. The van der Waals surface area contributed by atoms with Crippen molar-refractivity contribution in [2.75, 3.05) is 19.7 Å². The number of piperidine rings is 1. The Morgan fingerprint density at radius 2 is 2.21 bits per heavy atom. The molecular weight excluding hydrogens is 242 g/mol. The Hall–Kier alpha value is -1.55. The number of likely N-dealkylation sites (tertiary alicyclic amines) is 1. The van der Waals surface area contributed by atoms with Gasteiger partial charge in [0.25, 0.3) is 0 Å². The fourth-order valence-electron chi connectivity index (χ4n) is 3.15. The maximum Gasteiger partial charge on any atom is 0.320 e. The number of benzene rings is 1. The van der Waals surface area contributed by atoms with Gasteiger partial charge in [-0.1, -0.05) is 24.6 Å². The van der Waals surface area contributed by atoms with Crippen molar-refractivity contribution in [3.8, 4) is 5.75 Å². The minimum atomic E-state index is -0.688. The van der Waals surface area contributed by atoms with E-state index in [0.29, 0.717) is 12.5 Å². The molecule has 1 aromatic carbocycles. The van der Waals surface area contributed by atoms with Crippen LogP contribution in [0.15, 0.2) is 24.3 Å². The van der Waals surface area contributed by atoms with Crippen LogP contribution < -0.4 is 4.74 Å². The van der Waals surface area contributed by atoms with Crippen molar-refractivity contribution >= 4 is 5.97 Å². The second kappa shape index (κ2) is 5.21. The molecule has 0 aliphatic carbocycles. The molecule has 1 fully saturated rings. The number of nitrogens with zero attached hydrogens (tertiary/aromatic N) is 1. The molecule has 102 valence electrons. The Labute approximate surface area is 113 Å². The zero-order valence-corrected chi connectivity index (χ0v) is 10.9.